The van der Waals surface area contributed by atoms with Crippen molar-refractivity contribution in [1.82, 2.24) is 0 Å². The number of rotatable bonds is 4. The van der Waals surface area contributed by atoms with Gasteiger partial charge in [-0.2, -0.15) is 0 Å². The Bertz CT molecular complexity index is 323. The van der Waals surface area contributed by atoms with E-state index in [1.807, 2.05) is 18.2 Å². The highest BCUT2D eigenvalue weighted by atomic mass is 35.5. The monoisotopic (exact) mass is 246 g/mol. The van der Waals surface area contributed by atoms with Gasteiger partial charge in [0.15, 0.2) is 0 Å². The van der Waals surface area contributed by atoms with Crippen molar-refractivity contribution in [3.05, 3.63) is 28.8 Å². The van der Waals surface area contributed by atoms with E-state index in [0.717, 1.165) is 17.7 Å². The van der Waals surface area contributed by atoms with Gasteiger partial charge >= 0.3 is 0 Å². The molecular formula is C12H16Cl2O. The molecule has 0 aliphatic rings. The van der Waals surface area contributed by atoms with Crippen molar-refractivity contribution in [2.45, 2.75) is 25.6 Å². The molecule has 1 nitrogen and oxygen atoms in total. The van der Waals surface area contributed by atoms with E-state index < -0.39 is 0 Å². The molecule has 84 valence electrons. The van der Waals surface area contributed by atoms with E-state index in [9.17, 15) is 0 Å². The molecule has 1 aromatic rings. The van der Waals surface area contributed by atoms with E-state index in [0.29, 0.717) is 10.9 Å². The van der Waals surface area contributed by atoms with Crippen LogP contribution in [0.25, 0.3) is 0 Å². The third kappa shape index (κ3) is 3.58. The number of alkyl halides is 1. The lowest BCUT2D eigenvalue weighted by Gasteiger charge is -2.16. The van der Waals surface area contributed by atoms with Crippen molar-refractivity contribution in [2.24, 2.45) is 5.92 Å². The molecule has 0 saturated carbocycles. The van der Waals surface area contributed by atoms with Gasteiger partial charge in [-0.3, -0.25) is 0 Å². The molecule has 1 atom stereocenters. The fourth-order valence-corrected chi connectivity index (χ4v) is 2.20. The maximum atomic E-state index is 6.32. The quantitative estimate of drug-likeness (QED) is 0.702. The van der Waals surface area contributed by atoms with Gasteiger partial charge in [0, 0.05) is 10.6 Å². The molecule has 1 aromatic carbocycles. The minimum absolute atomic E-state index is 0.0429. The lowest BCUT2D eigenvalue weighted by atomic mass is 10.0. The van der Waals surface area contributed by atoms with Crippen LogP contribution < -0.4 is 4.74 Å². The Morgan fingerprint density at radius 1 is 1.33 bits per heavy atom. The van der Waals surface area contributed by atoms with Gasteiger partial charge in [0.25, 0.3) is 0 Å². The maximum absolute atomic E-state index is 6.32. The van der Waals surface area contributed by atoms with Crippen molar-refractivity contribution in [1.29, 1.82) is 0 Å². The molecule has 1 unspecified atom stereocenters. The molecule has 1 rings (SSSR count). The Kier molecular flexibility index (Phi) is 4.75. The van der Waals surface area contributed by atoms with E-state index >= 15 is 0 Å². The summed E-state index contributed by atoms with van der Waals surface area (Å²) in [7, 11) is 1.64. The summed E-state index contributed by atoms with van der Waals surface area (Å²) in [4.78, 5) is 0. The first-order chi connectivity index (χ1) is 7.04. The number of halogens is 2. The largest absolute Gasteiger partial charge is 0.496 e. The standard InChI is InChI=1S/C12H16Cl2O/c1-8(2)6-11(14)10-7-9(13)4-5-12(10)15-3/h4-5,7-8,11H,6H2,1-3H3. The third-order valence-corrected chi connectivity index (χ3v) is 2.86. The number of hydrogen-bond acceptors (Lipinski definition) is 1. The highest BCUT2D eigenvalue weighted by Crippen LogP contribution is 2.35. The van der Waals surface area contributed by atoms with E-state index in [4.69, 9.17) is 27.9 Å². The summed E-state index contributed by atoms with van der Waals surface area (Å²) < 4.78 is 5.26. The van der Waals surface area contributed by atoms with Crippen LogP contribution in [0.15, 0.2) is 18.2 Å². The molecule has 0 radical (unpaired) electrons. The molecule has 0 aromatic heterocycles. The number of ether oxygens (including phenoxy) is 1. The average molecular weight is 247 g/mol. The first-order valence-corrected chi connectivity index (χ1v) is 5.83. The molecule has 3 heteroatoms. The zero-order chi connectivity index (χ0) is 11.4. The summed E-state index contributed by atoms with van der Waals surface area (Å²) in [5.74, 6) is 1.36. The summed E-state index contributed by atoms with van der Waals surface area (Å²) in [6, 6.07) is 5.54. The summed E-state index contributed by atoms with van der Waals surface area (Å²) in [6.07, 6.45) is 0.915. The number of methoxy groups -OCH3 is 1. The van der Waals surface area contributed by atoms with Crippen molar-refractivity contribution in [3.8, 4) is 5.75 Å². The normalized spacial score (nSPS) is 12.9. The van der Waals surface area contributed by atoms with Crippen LogP contribution in [-0.2, 0) is 0 Å². The lowest BCUT2D eigenvalue weighted by molar-refractivity contribution is 0.406. The molecule has 0 amide bonds. The first-order valence-electron chi connectivity index (χ1n) is 5.02. The van der Waals surface area contributed by atoms with E-state index in [2.05, 4.69) is 13.8 Å². The molecular weight excluding hydrogens is 231 g/mol. The van der Waals surface area contributed by atoms with Gasteiger partial charge < -0.3 is 4.74 Å². The predicted octanol–water partition coefficient (Wildman–Crippen LogP) is 4.67. The topological polar surface area (TPSA) is 9.23 Å². The van der Waals surface area contributed by atoms with E-state index in [-0.39, 0.29) is 5.38 Å². The van der Waals surface area contributed by atoms with Crippen LogP contribution in [0.3, 0.4) is 0 Å². The van der Waals surface area contributed by atoms with Gasteiger partial charge in [0.1, 0.15) is 5.75 Å². The maximum Gasteiger partial charge on any atom is 0.123 e. The molecule has 0 heterocycles. The fourth-order valence-electron chi connectivity index (χ4n) is 1.49. The Morgan fingerprint density at radius 2 is 2.00 bits per heavy atom. The zero-order valence-corrected chi connectivity index (χ0v) is 10.8. The van der Waals surface area contributed by atoms with Crippen LogP contribution in [-0.4, -0.2) is 7.11 Å². The Labute approximate surface area is 101 Å². The van der Waals surface area contributed by atoms with Gasteiger partial charge in [-0.25, -0.2) is 0 Å². The molecule has 0 saturated heterocycles. The zero-order valence-electron chi connectivity index (χ0n) is 9.26. The number of hydrogen-bond donors (Lipinski definition) is 0. The minimum atomic E-state index is -0.0429. The van der Waals surface area contributed by atoms with E-state index in [1.165, 1.54) is 0 Å². The second-order valence-electron chi connectivity index (χ2n) is 3.98. The lowest BCUT2D eigenvalue weighted by Crippen LogP contribution is -1.99. The van der Waals surface area contributed by atoms with Crippen molar-refractivity contribution in [3.63, 3.8) is 0 Å². The summed E-state index contributed by atoms with van der Waals surface area (Å²) in [6.45, 7) is 4.29. The van der Waals surface area contributed by atoms with Crippen molar-refractivity contribution >= 4 is 23.2 Å². The Morgan fingerprint density at radius 3 is 2.53 bits per heavy atom. The molecule has 0 bridgehead atoms. The summed E-state index contributed by atoms with van der Waals surface area (Å²) in [5, 5.41) is 0.652. The van der Waals surface area contributed by atoms with E-state index in [1.54, 1.807) is 7.11 Å². The predicted molar refractivity (Wildman–Crippen MR) is 66.1 cm³/mol. The highest BCUT2D eigenvalue weighted by Gasteiger charge is 2.15. The summed E-state index contributed by atoms with van der Waals surface area (Å²) in [5.41, 5.74) is 0.973. The van der Waals surface area contributed by atoms with Gasteiger partial charge in [-0.1, -0.05) is 25.4 Å². The van der Waals surface area contributed by atoms with Gasteiger partial charge in [-0.05, 0) is 30.5 Å². The van der Waals surface area contributed by atoms with Crippen molar-refractivity contribution in [2.75, 3.05) is 7.11 Å². The van der Waals surface area contributed by atoms with Crippen LogP contribution in [0.5, 0.6) is 5.75 Å². The first kappa shape index (κ1) is 12.7. The van der Waals surface area contributed by atoms with Crippen molar-refractivity contribution < 1.29 is 4.74 Å². The Hall–Kier alpha value is -0.400. The average Bonchev–Trinajstić information content (AvgIpc) is 2.16. The third-order valence-electron chi connectivity index (χ3n) is 2.21. The van der Waals surface area contributed by atoms with Gasteiger partial charge in [-0.15, -0.1) is 11.6 Å². The van der Waals surface area contributed by atoms with Crippen LogP contribution in [0.2, 0.25) is 5.02 Å². The summed E-state index contributed by atoms with van der Waals surface area (Å²) >= 11 is 12.3. The van der Waals surface area contributed by atoms with Crippen LogP contribution >= 0.6 is 23.2 Å². The molecule has 0 spiro atoms. The molecule has 0 aliphatic carbocycles. The van der Waals surface area contributed by atoms with Crippen LogP contribution in [0.4, 0.5) is 0 Å². The second kappa shape index (κ2) is 5.62. The number of benzene rings is 1. The smallest absolute Gasteiger partial charge is 0.123 e. The van der Waals surface area contributed by atoms with Crippen LogP contribution in [0, 0.1) is 5.92 Å². The highest BCUT2D eigenvalue weighted by molar-refractivity contribution is 6.30. The molecule has 15 heavy (non-hydrogen) atoms. The van der Waals surface area contributed by atoms with Crippen LogP contribution in [0.1, 0.15) is 31.2 Å². The van der Waals surface area contributed by atoms with Gasteiger partial charge in [0.05, 0.1) is 12.5 Å². The second-order valence-corrected chi connectivity index (χ2v) is 4.95. The fraction of sp³-hybridized carbons (Fsp3) is 0.500. The molecule has 0 aliphatic heterocycles. The Balaban J connectivity index is 2.94. The minimum Gasteiger partial charge on any atom is -0.496 e. The molecule has 0 fully saturated rings. The van der Waals surface area contributed by atoms with Gasteiger partial charge in [0.2, 0.25) is 0 Å². The SMILES string of the molecule is COc1ccc(Cl)cc1C(Cl)CC(C)C. The molecule has 0 N–H and O–H groups in total.